The first kappa shape index (κ1) is 29.2. The molecule has 0 unspecified atom stereocenters. The summed E-state index contributed by atoms with van der Waals surface area (Å²) < 4.78 is 38.8. The standard InChI is InChI=1S/C29H36N2O6S/c1-22(2)19-31(38(34,35)26-16-14-25(36-3)15-17-26)20-28(32)27(18-23-10-6-4-7-11-23)30-29(33)37-21-24-12-8-5-9-13-24/h4-17,22,27-28,32H,18-21H2,1-3H3,(H,30,33)/t27-,28+/m0/s1. The molecule has 38 heavy (non-hydrogen) atoms. The third kappa shape index (κ3) is 8.58. The van der Waals surface area contributed by atoms with Crippen LogP contribution in [-0.2, 0) is 27.8 Å². The fourth-order valence-electron chi connectivity index (χ4n) is 3.98. The maximum atomic E-state index is 13.5. The number of carbonyl (C=O) groups is 1. The summed E-state index contributed by atoms with van der Waals surface area (Å²) in [4.78, 5) is 12.8. The van der Waals surface area contributed by atoms with Crippen LogP contribution in [0.25, 0.3) is 0 Å². The van der Waals surface area contributed by atoms with Gasteiger partial charge in [0.2, 0.25) is 10.0 Å². The average Bonchev–Trinajstić information content (AvgIpc) is 2.92. The van der Waals surface area contributed by atoms with Crippen LogP contribution < -0.4 is 10.1 Å². The molecular weight excluding hydrogens is 504 g/mol. The van der Waals surface area contributed by atoms with E-state index in [0.717, 1.165) is 11.1 Å². The first-order valence-electron chi connectivity index (χ1n) is 12.5. The topological polar surface area (TPSA) is 105 Å². The highest BCUT2D eigenvalue weighted by Gasteiger charge is 2.31. The zero-order valence-corrected chi connectivity index (χ0v) is 22.8. The lowest BCUT2D eigenvalue weighted by atomic mass is 10.0. The Bertz CT molecular complexity index is 1240. The summed E-state index contributed by atoms with van der Waals surface area (Å²) in [6, 6.07) is 24.0. The first-order valence-corrected chi connectivity index (χ1v) is 14.0. The van der Waals surface area contributed by atoms with Crippen LogP contribution in [-0.4, -0.2) is 56.3 Å². The molecular formula is C29H36N2O6S. The minimum Gasteiger partial charge on any atom is -0.497 e. The van der Waals surface area contributed by atoms with Crippen molar-refractivity contribution >= 4 is 16.1 Å². The molecule has 2 N–H and O–H groups in total. The van der Waals surface area contributed by atoms with Crippen molar-refractivity contribution in [3.8, 4) is 5.75 Å². The second kappa shape index (κ2) is 13.9. The summed E-state index contributed by atoms with van der Waals surface area (Å²) in [7, 11) is -2.41. The largest absolute Gasteiger partial charge is 0.497 e. The molecule has 2 atom stereocenters. The van der Waals surface area contributed by atoms with Gasteiger partial charge in [0.25, 0.3) is 0 Å². The Kier molecular flexibility index (Phi) is 10.7. The molecule has 0 aliphatic rings. The second-order valence-electron chi connectivity index (χ2n) is 9.46. The van der Waals surface area contributed by atoms with E-state index >= 15 is 0 Å². The Labute approximate surface area is 225 Å². The predicted molar refractivity (Wildman–Crippen MR) is 146 cm³/mol. The third-order valence-corrected chi connectivity index (χ3v) is 7.78. The molecule has 0 radical (unpaired) electrons. The lowest BCUT2D eigenvalue weighted by Crippen LogP contribution is -2.51. The number of hydrogen-bond donors (Lipinski definition) is 2. The van der Waals surface area contributed by atoms with E-state index < -0.39 is 28.3 Å². The molecule has 1 amide bonds. The molecule has 0 aliphatic carbocycles. The van der Waals surface area contributed by atoms with Gasteiger partial charge in [-0.2, -0.15) is 4.31 Å². The maximum Gasteiger partial charge on any atom is 0.407 e. The zero-order chi connectivity index (χ0) is 27.5. The van der Waals surface area contributed by atoms with E-state index in [9.17, 15) is 18.3 Å². The zero-order valence-electron chi connectivity index (χ0n) is 22.0. The van der Waals surface area contributed by atoms with Gasteiger partial charge in [-0.1, -0.05) is 74.5 Å². The summed E-state index contributed by atoms with van der Waals surface area (Å²) in [5.41, 5.74) is 1.71. The molecule has 9 heteroatoms. The van der Waals surface area contributed by atoms with Gasteiger partial charge in [-0.05, 0) is 47.7 Å². The molecule has 0 saturated heterocycles. The van der Waals surface area contributed by atoms with Crippen molar-refractivity contribution in [2.24, 2.45) is 5.92 Å². The molecule has 204 valence electrons. The summed E-state index contributed by atoms with van der Waals surface area (Å²) in [6.07, 6.45) is -1.60. The van der Waals surface area contributed by atoms with Crippen molar-refractivity contribution in [3.05, 3.63) is 96.1 Å². The van der Waals surface area contributed by atoms with Gasteiger partial charge in [0, 0.05) is 13.1 Å². The minimum atomic E-state index is -3.92. The molecule has 0 fully saturated rings. The van der Waals surface area contributed by atoms with Crippen molar-refractivity contribution in [2.45, 2.75) is 43.9 Å². The number of nitrogens with one attached hydrogen (secondary N) is 1. The summed E-state index contributed by atoms with van der Waals surface area (Å²) >= 11 is 0. The van der Waals surface area contributed by atoms with Gasteiger partial charge < -0.3 is 19.9 Å². The predicted octanol–water partition coefficient (Wildman–Crippen LogP) is 4.24. The van der Waals surface area contributed by atoms with Gasteiger partial charge in [-0.25, -0.2) is 13.2 Å². The van der Waals surface area contributed by atoms with Crippen molar-refractivity contribution < 1.29 is 27.8 Å². The van der Waals surface area contributed by atoms with Gasteiger partial charge in [0.05, 0.1) is 24.2 Å². The Hall–Kier alpha value is -3.40. The number of ether oxygens (including phenoxy) is 2. The highest BCUT2D eigenvalue weighted by atomic mass is 32.2. The highest BCUT2D eigenvalue weighted by molar-refractivity contribution is 7.89. The molecule has 0 bridgehead atoms. The van der Waals surface area contributed by atoms with E-state index in [1.807, 2.05) is 74.5 Å². The molecule has 0 aromatic heterocycles. The number of benzene rings is 3. The number of rotatable bonds is 13. The summed E-state index contributed by atoms with van der Waals surface area (Å²) in [5, 5.41) is 14.0. The van der Waals surface area contributed by atoms with Gasteiger partial charge in [0.15, 0.2) is 0 Å². The molecule has 0 saturated carbocycles. The molecule has 0 aliphatic heterocycles. The number of nitrogens with zero attached hydrogens (tertiary/aromatic N) is 1. The summed E-state index contributed by atoms with van der Waals surface area (Å²) in [6.45, 7) is 3.88. The van der Waals surface area contributed by atoms with Crippen molar-refractivity contribution in [3.63, 3.8) is 0 Å². The Morgan fingerprint density at radius 3 is 2.03 bits per heavy atom. The fraction of sp³-hybridized carbons (Fsp3) is 0.345. The van der Waals surface area contributed by atoms with Crippen LogP contribution in [0.15, 0.2) is 89.8 Å². The Morgan fingerprint density at radius 1 is 0.895 bits per heavy atom. The molecule has 3 rings (SSSR count). The molecule has 3 aromatic carbocycles. The number of methoxy groups -OCH3 is 1. The molecule has 3 aromatic rings. The third-order valence-electron chi connectivity index (χ3n) is 5.94. The number of aliphatic hydroxyl groups is 1. The monoisotopic (exact) mass is 540 g/mol. The SMILES string of the molecule is COc1ccc(S(=O)(=O)N(CC(C)C)C[C@@H](O)[C@H](Cc2ccccc2)NC(=O)OCc2ccccc2)cc1. The van der Waals surface area contributed by atoms with Crippen LogP contribution >= 0.6 is 0 Å². The average molecular weight is 541 g/mol. The Balaban J connectivity index is 1.79. The van der Waals surface area contributed by atoms with E-state index in [1.165, 1.54) is 23.5 Å². The van der Waals surface area contributed by atoms with E-state index in [-0.39, 0.29) is 30.5 Å². The number of amides is 1. The minimum absolute atomic E-state index is 0.00611. The van der Waals surface area contributed by atoms with Crippen molar-refractivity contribution in [1.29, 1.82) is 0 Å². The fourth-order valence-corrected chi connectivity index (χ4v) is 5.60. The quantitative estimate of drug-likeness (QED) is 0.336. The normalized spacial score (nSPS) is 13.2. The van der Waals surface area contributed by atoms with Crippen LogP contribution in [0.2, 0.25) is 0 Å². The smallest absolute Gasteiger partial charge is 0.407 e. The molecule has 0 spiro atoms. The van der Waals surface area contributed by atoms with Gasteiger partial charge >= 0.3 is 6.09 Å². The second-order valence-corrected chi connectivity index (χ2v) is 11.4. The van der Waals surface area contributed by atoms with Crippen molar-refractivity contribution in [1.82, 2.24) is 9.62 Å². The van der Waals surface area contributed by atoms with E-state index in [0.29, 0.717) is 12.2 Å². The van der Waals surface area contributed by atoms with Crippen LogP contribution in [0.3, 0.4) is 0 Å². The number of hydrogen-bond acceptors (Lipinski definition) is 6. The van der Waals surface area contributed by atoms with Crippen LogP contribution in [0.1, 0.15) is 25.0 Å². The molecule has 8 nitrogen and oxygen atoms in total. The first-order chi connectivity index (χ1) is 18.2. The van der Waals surface area contributed by atoms with Crippen molar-refractivity contribution in [2.75, 3.05) is 20.2 Å². The Morgan fingerprint density at radius 2 is 1.47 bits per heavy atom. The maximum absolute atomic E-state index is 13.5. The van der Waals surface area contributed by atoms with E-state index in [2.05, 4.69) is 5.32 Å². The lowest BCUT2D eigenvalue weighted by Gasteiger charge is -2.30. The van der Waals surface area contributed by atoms with Gasteiger partial charge in [0.1, 0.15) is 12.4 Å². The number of sulfonamides is 1. The van der Waals surface area contributed by atoms with Crippen LogP contribution in [0.5, 0.6) is 5.75 Å². The summed E-state index contributed by atoms with van der Waals surface area (Å²) in [5.74, 6) is 0.548. The van der Waals surface area contributed by atoms with Crippen LogP contribution in [0, 0.1) is 5.92 Å². The molecule has 0 heterocycles. The van der Waals surface area contributed by atoms with E-state index in [1.54, 1.807) is 12.1 Å². The number of alkyl carbamates (subject to hydrolysis) is 1. The van der Waals surface area contributed by atoms with Gasteiger partial charge in [-0.3, -0.25) is 0 Å². The highest BCUT2D eigenvalue weighted by Crippen LogP contribution is 2.22. The lowest BCUT2D eigenvalue weighted by molar-refractivity contribution is 0.0873. The van der Waals surface area contributed by atoms with Gasteiger partial charge in [-0.15, -0.1) is 0 Å². The van der Waals surface area contributed by atoms with Crippen LogP contribution in [0.4, 0.5) is 4.79 Å². The number of carbonyl (C=O) groups excluding carboxylic acids is 1. The number of aliphatic hydroxyl groups excluding tert-OH is 1. The van der Waals surface area contributed by atoms with E-state index in [4.69, 9.17) is 9.47 Å².